The molecule has 0 fully saturated rings. The predicted octanol–water partition coefficient (Wildman–Crippen LogP) is 5.04. The Kier molecular flexibility index (Phi) is 4.92. The SMILES string of the molecule is CC(C)(O)C(C)(C)OBc1ccc2ccc3ccc4c(c3c2c1)OC(c1ccccc1)N4. The molecule has 5 rings (SSSR count). The molecule has 4 aromatic rings. The van der Waals surface area contributed by atoms with Crippen LogP contribution in [0, 0.1) is 0 Å². The largest absolute Gasteiger partial charge is 0.464 e. The fourth-order valence-electron chi connectivity index (χ4n) is 3.99. The average Bonchev–Trinajstić information content (AvgIpc) is 3.21. The molecule has 0 spiro atoms. The van der Waals surface area contributed by atoms with Crippen LogP contribution in [0.3, 0.4) is 0 Å². The summed E-state index contributed by atoms with van der Waals surface area (Å²) in [7, 11) is 0.421. The highest BCUT2D eigenvalue weighted by Crippen LogP contribution is 2.45. The van der Waals surface area contributed by atoms with Gasteiger partial charge in [-0.25, -0.2) is 0 Å². The minimum atomic E-state index is -0.941. The normalized spacial score (nSPS) is 16.0. The van der Waals surface area contributed by atoms with E-state index in [-0.39, 0.29) is 6.23 Å². The van der Waals surface area contributed by atoms with Gasteiger partial charge in [0.25, 0.3) is 0 Å². The van der Waals surface area contributed by atoms with Crippen LogP contribution in [0.15, 0.2) is 72.8 Å². The summed E-state index contributed by atoms with van der Waals surface area (Å²) in [5, 5.41) is 18.5. The van der Waals surface area contributed by atoms with Crippen LogP contribution in [-0.2, 0) is 4.65 Å². The summed E-state index contributed by atoms with van der Waals surface area (Å²) >= 11 is 0. The van der Waals surface area contributed by atoms with E-state index in [1.54, 1.807) is 13.8 Å². The van der Waals surface area contributed by atoms with E-state index < -0.39 is 11.2 Å². The molecule has 0 aliphatic carbocycles. The van der Waals surface area contributed by atoms with E-state index in [0.29, 0.717) is 7.48 Å². The van der Waals surface area contributed by atoms with Crippen LogP contribution in [0.5, 0.6) is 5.75 Å². The van der Waals surface area contributed by atoms with Gasteiger partial charge in [-0.3, -0.25) is 0 Å². The topological polar surface area (TPSA) is 50.7 Å². The summed E-state index contributed by atoms with van der Waals surface area (Å²) in [6.45, 7) is 7.38. The van der Waals surface area contributed by atoms with Gasteiger partial charge in [-0.05, 0) is 49.9 Å². The zero-order chi connectivity index (χ0) is 22.5. The maximum absolute atomic E-state index is 10.4. The minimum absolute atomic E-state index is 0.203. The number of fused-ring (bicyclic) bond motifs is 5. The Balaban J connectivity index is 1.55. The third kappa shape index (κ3) is 3.62. The highest BCUT2D eigenvalue weighted by Gasteiger charge is 2.35. The number of anilines is 1. The van der Waals surface area contributed by atoms with Crippen molar-refractivity contribution in [2.75, 3.05) is 5.32 Å². The first-order valence-corrected chi connectivity index (χ1v) is 11.1. The molecule has 1 aliphatic heterocycles. The lowest BCUT2D eigenvalue weighted by Gasteiger charge is -2.37. The first kappa shape index (κ1) is 20.9. The molecular formula is C27H28BNO3. The standard InChI is InChI=1S/C27H28BNO3/c1-26(2,30)27(3,4)32-28-20-14-12-17-10-11-18-13-15-22-24(23(18)21(17)16-20)31-25(29-22)19-8-6-5-7-9-19/h5-16,25,28-30H,1-4H3. The molecule has 1 unspecified atom stereocenters. The molecule has 1 heterocycles. The van der Waals surface area contributed by atoms with E-state index in [0.717, 1.165) is 44.0 Å². The van der Waals surface area contributed by atoms with Crippen LogP contribution >= 0.6 is 0 Å². The van der Waals surface area contributed by atoms with E-state index in [4.69, 9.17) is 9.39 Å². The summed E-state index contributed by atoms with van der Waals surface area (Å²) in [4.78, 5) is 0. The minimum Gasteiger partial charge on any atom is -0.464 e. The van der Waals surface area contributed by atoms with Gasteiger partial charge in [-0.1, -0.05) is 72.2 Å². The number of hydrogen-bond donors (Lipinski definition) is 2. The first-order valence-electron chi connectivity index (χ1n) is 11.1. The molecule has 0 amide bonds. The smallest absolute Gasteiger partial charge is 0.309 e. The van der Waals surface area contributed by atoms with Crippen molar-refractivity contribution in [1.29, 1.82) is 0 Å². The molecule has 32 heavy (non-hydrogen) atoms. The van der Waals surface area contributed by atoms with E-state index in [2.05, 4.69) is 59.9 Å². The molecule has 0 aromatic heterocycles. The Morgan fingerprint density at radius 3 is 2.34 bits per heavy atom. The molecular weight excluding hydrogens is 397 g/mol. The first-order chi connectivity index (χ1) is 15.2. The van der Waals surface area contributed by atoms with E-state index >= 15 is 0 Å². The Hall–Kier alpha value is -3.02. The quantitative estimate of drug-likeness (QED) is 0.348. The number of ether oxygens (including phenoxy) is 1. The van der Waals surface area contributed by atoms with Crippen molar-refractivity contribution in [2.24, 2.45) is 0 Å². The third-order valence-electron chi connectivity index (χ3n) is 6.72. The molecule has 1 aliphatic rings. The molecule has 162 valence electrons. The lowest BCUT2D eigenvalue weighted by molar-refractivity contribution is -0.0893. The summed E-state index contributed by atoms with van der Waals surface area (Å²) in [6.07, 6.45) is -0.203. The van der Waals surface area contributed by atoms with Gasteiger partial charge in [0.05, 0.1) is 16.9 Å². The summed E-state index contributed by atoms with van der Waals surface area (Å²) in [6, 6.07) is 25.1. The molecule has 0 saturated heterocycles. The van der Waals surface area contributed by atoms with Crippen LogP contribution in [0.25, 0.3) is 21.5 Å². The summed E-state index contributed by atoms with van der Waals surface area (Å²) in [5.74, 6) is 0.886. The number of rotatable bonds is 5. The van der Waals surface area contributed by atoms with Gasteiger partial charge in [-0.2, -0.15) is 0 Å². The van der Waals surface area contributed by atoms with Crippen molar-refractivity contribution in [3.8, 4) is 5.75 Å². The van der Waals surface area contributed by atoms with Crippen LogP contribution in [0.1, 0.15) is 39.5 Å². The van der Waals surface area contributed by atoms with E-state index in [9.17, 15) is 5.11 Å². The maximum atomic E-state index is 10.4. The number of hydrogen-bond acceptors (Lipinski definition) is 4. The lowest BCUT2D eigenvalue weighted by Crippen LogP contribution is -2.49. The van der Waals surface area contributed by atoms with Gasteiger partial charge in [0.15, 0.2) is 12.0 Å². The molecule has 0 bridgehead atoms. The highest BCUT2D eigenvalue weighted by molar-refractivity contribution is 6.47. The second kappa shape index (κ2) is 7.54. The van der Waals surface area contributed by atoms with Crippen molar-refractivity contribution in [3.05, 3.63) is 78.4 Å². The Morgan fingerprint density at radius 1 is 0.906 bits per heavy atom. The van der Waals surface area contributed by atoms with Crippen LogP contribution in [0.2, 0.25) is 0 Å². The highest BCUT2D eigenvalue weighted by atomic mass is 16.5. The molecule has 5 heteroatoms. The third-order valence-corrected chi connectivity index (χ3v) is 6.72. The molecule has 1 atom stereocenters. The fourth-order valence-corrected chi connectivity index (χ4v) is 3.99. The van der Waals surface area contributed by atoms with Crippen molar-refractivity contribution in [2.45, 2.75) is 45.1 Å². The van der Waals surface area contributed by atoms with Crippen molar-refractivity contribution >= 4 is 40.2 Å². The maximum Gasteiger partial charge on any atom is 0.309 e. The monoisotopic (exact) mass is 425 g/mol. The second-order valence-corrected chi connectivity index (χ2v) is 9.57. The van der Waals surface area contributed by atoms with Crippen LogP contribution < -0.4 is 15.5 Å². The Labute approximate surface area is 189 Å². The molecule has 2 N–H and O–H groups in total. The van der Waals surface area contributed by atoms with Gasteiger partial charge in [0.1, 0.15) is 0 Å². The van der Waals surface area contributed by atoms with Gasteiger partial charge in [0.2, 0.25) is 0 Å². The van der Waals surface area contributed by atoms with Crippen LogP contribution in [-0.4, -0.2) is 23.8 Å². The van der Waals surface area contributed by atoms with E-state index in [1.807, 2.05) is 32.0 Å². The van der Waals surface area contributed by atoms with Crippen molar-refractivity contribution in [3.63, 3.8) is 0 Å². The van der Waals surface area contributed by atoms with Gasteiger partial charge in [-0.15, -0.1) is 0 Å². The summed E-state index contributed by atoms with van der Waals surface area (Å²) in [5.41, 5.74) is 1.55. The average molecular weight is 425 g/mol. The van der Waals surface area contributed by atoms with Gasteiger partial charge in [0, 0.05) is 10.9 Å². The zero-order valence-corrected chi connectivity index (χ0v) is 19.0. The van der Waals surface area contributed by atoms with E-state index in [1.165, 1.54) is 0 Å². The predicted molar refractivity (Wildman–Crippen MR) is 133 cm³/mol. The summed E-state index contributed by atoms with van der Waals surface area (Å²) < 4.78 is 12.6. The zero-order valence-electron chi connectivity index (χ0n) is 19.0. The number of aliphatic hydroxyl groups is 1. The lowest BCUT2D eigenvalue weighted by atomic mass is 9.81. The molecule has 4 nitrogen and oxygen atoms in total. The Bertz CT molecular complexity index is 1300. The van der Waals surface area contributed by atoms with Gasteiger partial charge < -0.3 is 19.8 Å². The van der Waals surface area contributed by atoms with Crippen molar-refractivity contribution < 1.29 is 14.5 Å². The number of nitrogens with one attached hydrogen (secondary N) is 1. The molecule has 0 radical (unpaired) electrons. The van der Waals surface area contributed by atoms with Crippen LogP contribution in [0.4, 0.5) is 5.69 Å². The fraction of sp³-hybridized carbons (Fsp3) is 0.259. The molecule has 4 aromatic carbocycles. The number of benzene rings is 4. The molecule has 0 saturated carbocycles. The van der Waals surface area contributed by atoms with Gasteiger partial charge >= 0.3 is 7.48 Å². The Morgan fingerprint density at radius 2 is 1.59 bits per heavy atom. The van der Waals surface area contributed by atoms with Crippen molar-refractivity contribution in [1.82, 2.24) is 0 Å². The second-order valence-electron chi connectivity index (χ2n) is 9.57.